The quantitative estimate of drug-likeness (QED) is 0.609. The number of aryl methyl sites for hydroxylation is 1. The van der Waals surface area contributed by atoms with Crippen LogP contribution in [-0.2, 0) is 6.42 Å². The Balaban J connectivity index is 3.10. The van der Waals surface area contributed by atoms with Crippen molar-refractivity contribution >= 4 is 5.78 Å². The molecule has 1 aromatic heterocycles. The van der Waals surface area contributed by atoms with E-state index in [4.69, 9.17) is 4.42 Å². The van der Waals surface area contributed by atoms with Gasteiger partial charge in [-0.1, -0.05) is 6.92 Å². The summed E-state index contributed by atoms with van der Waals surface area (Å²) in [5, 5.41) is 0. The van der Waals surface area contributed by atoms with Crippen LogP contribution < -0.4 is 0 Å². The van der Waals surface area contributed by atoms with E-state index in [9.17, 15) is 4.79 Å². The average Bonchev–Trinajstić information content (AvgIpc) is 2.30. The molecule has 2 nitrogen and oxygen atoms in total. The third-order valence-corrected chi connectivity index (χ3v) is 1.84. The Morgan fingerprint density at radius 3 is 2.55 bits per heavy atom. The molecule has 1 heterocycles. The molecule has 2 heteroatoms. The maximum Gasteiger partial charge on any atom is 0.163 e. The fourth-order valence-corrected chi connectivity index (χ4v) is 1.15. The minimum absolute atomic E-state index is 0.0750. The number of carbonyl (C=O) groups is 1. The molecule has 0 amide bonds. The molecule has 0 saturated carbocycles. The van der Waals surface area contributed by atoms with Gasteiger partial charge in [0.25, 0.3) is 0 Å². The van der Waals surface area contributed by atoms with Gasteiger partial charge in [0.05, 0.1) is 5.56 Å². The predicted molar refractivity (Wildman–Crippen MR) is 42.8 cm³/mol. The molecule has 0 bridgehead atoms. The molecule has 0 aromatic carbocycles. The highest BCUT2D eigenvalue weighted by Gasteiger charge is 2.10. The maximum atomic E-state index is 10.9. The molecule has 0 N–H and O–H groups in total. The van der Waals surface area contributed by atoms with Crippen LogP contribution in [0.3, 0.4) is 0 Å². The number of ketones is 1. The lowest BCUT2D eigenvalue weighted by atomic mass is 10.1. The van der Waals surface area contributed by atoms with E-state index in [1.54, 1.807) is 6.92 Å². The lowest BCUT2D eigenvalue weighted by molar-refractivity contribution is 0.101. The molecule has 0 fully saturated rings. The summed E-state index contributed by atoms with van der Waals surface area (Å²) in [4.78, 5) is 10.9. The van der Waals surface area contributed by atoms with E-state index >= 15 is 0 Å². The van der Waals surface area contributed by atoms with Gasteiger partial charge in [0.1, 0.15) is 12.0 Å². The first-order valence-electron chi connectivity index (χ1n) is 3.74. The summed E-state index contributed by atoms with van der Waals surface area (Å²) in [6.45, 7) is 5.48. The third-order valence-electron chi connectivity index (χ3n) is 1.84. The molecule has 0 aliphatic rings. The van der Waals surface area contributed by atoms with Crippen LogP contribution in [0, 0.1) is 6.92 Å². The van der Waals surface area contributed by atoms with Crippen molar-refractivity contribution in [2.45, 2.75) is 27.2 Å². The Hall–Kier alpha value is -1.05. The Labute approximate surface area is 66.2 Å². The zero-order valence-electron chi connectivity index (χ0n) is 7.10. The molecule has 1 aromatic rings. The van der Waals surface area contributed by atoms with Crippen molar-refractivity contribution in [3.63, 3.8) is 0 Å². The molecular weight excluding hydrogens is 140 g/mol. The molecular formula is C9H12O2. The Bertz CT molecular complexity index is 271. The van der Waals surface area contributed by atoms with Gasteiger partial charge in [-0.2, -0.15) is 0 Å². The lowest BCUT2D eigenvalue weighted by Gasteiger charge is -1.91. The Morgan fingerprint density at radius 1 is 1.64 bits per heavy atom. The highest BCUT2D eigenvalue weighted by molar-refractivity contribution is 5.95. The van der Waals surface area contributed by atoms with Gasteiger partial charge in [-0.15, -0.1) is 0 Å². The molecule has 0 atom stereocenters. The summed E-state index contributed by atoms with van der Waals surface area (Å²) in [5.74, 6) is 0.987. The number of carbonyl (C=O) groups excluding carboxylic acids is 1. The van der Waals surface area contributed by atoms with Gasteiger partial charge in [-0.25, -0.2) is 0 Å². The predicted octanol–water partition coefficient (Wildman–Crippen LogP) is 2.35. The molecule has 0 aliphatic carbocycles. The minimum Gasteiger partial charge on any atom is -0.468 e. The van der Waals surface area contributed by atoms with E-state index in [0.717, 1.165) is 17.7 Å². The maximum absolute atomic E-state index is 10.9. The SMILES string of the molecule is CCc1occ(C(C)=O)c1C. The number of furan rings is 1. The van der Waals surface area contributed by atoms with Gasteiger partial charge in [-0.3, -0.25) is 4.79 Å². The van der Waals surface area contributed by atoms with Crippen molar-refractivity contribution in [3.05, 3.63) is 23.2 Å². The zero-order valence-corrected chi connectivity index (χ0v) is 7.10. The van der Waals surface area contributed by atoms with E-state index in [1.165, 1.54) is 6.26 Å². The number of rotatable bonds is 2. The standard InChI is InChI=1S/C9H12O2/c1-4-9-6(2)8(5-11-9)7(3)10/h5H,4H2,1-3H3. The molecule has 11 heavy (non-hydrogen) atoms. The van der Waals surface area contributed by atoms with Crippen LogP contribution in [0.1, 0.15) is 35.5 Å². The summed E-state index contributed by atoms with van der Waals surface area (Å²) >= 11 is 0. The van der Waals surface area contributed by atoms with E-state index in [0.29, 0.717) is 5.56 Å². The minimum atomic E-state index is 0.0750. The average molecular weight is 152 g/mol. The first-order chi connectivity index (χ1) is 5.16. The summed E-state index contributed by atoms with van der Waals surface area (Å²) in [6.07, 6.45) is 2.38. The van der Waals surface area contributed by atoms with Crippen LogP contribution in [0.4, 0.5) is 0 Å². The van der Waals surface area contributed by atoms with E-state index < -0.39 is 0 Å². The lowest BCUT2D eigenvalue weighted by Crippen LogP contribution is -1.92. The largest absolute Gasteiger partial charge is 0.468 e. The second-order valence-electron chi connectivity index (χ2n) is 2.61. The monoisotopic (exact) mass is 152 g/mol. The molecule has 1 rings (SSSR count). The highest BCUT2D eigenvalue weighted by atomic mass is 16.3. The van der Waals surface area contributed by atoms with Crippen molar-refractivity contribution in [1.82, 2.24) is 0 Å². The van der Waals surface area contributed by atoms with E-state index in [1.807, 2.05) is 13.8 Å². The van der Waals surface area contributed by atoms with E-state index in [-0.39, 0.29) is 5.78 Å². The summed E-state index contributed by atoms with van der Waals surface area (Å²) in [6, 6.07) is 0. The van der Waals surface area contributed by atoms with Crippen LogP contribution in [0.2, 0.25) is 0 Å². The highest BCUT2D eigenvalue weighted by Crippen LogP contribution is 2.16. The molecule has 60 valence electrons. The van der Waals surface area contributed by atoms with E-state index in [2.05, 4.69) is 0 Å². The second-order valence-corrected chi connectivity index (χ2v) is 2.61. The van der Waals surface area contributed by atoms with Gasteiger partial charge in [0.15, 0.2) is 5.78 Å². The van der Waals surface area contributed by atoms with Crippen LogP contribution >= 0.6 is 0 Å². The van der Waals surface area contributed by atoms with Crippen molar-refractivity contribution in [3.8, 4) is 0 Å². The van der Waals surface area contributed by atoms with Crippen LogP contribution in [0.15, 0.2) is 10.7 Å². The summed E-state index contributed by atoms with van der Waals surface area (Å²) in [7, 11) is 0. The molecule has 0 saturated heterocycles. The Kier molecular flexibility index (Phi) is 2.13. The van der Waals surface area contributed by atoms with Gasteiger partial charge >= 0.3 is 0 Å². The van der Waals surface area contributed by atoms with Gasteiger partial charge < -0.3 is 4.42 Å². The van der Waals surface area contributed by atoms with Crippen molar-refractivity contribution < 1.29 is 9.21 Å². The first-order valence-corrected chi connectivity index (χ1v) is 3.74. The summed E-state index contributed by atoms with van der Waals surface area (Å²) in [5.41, 5.74) is 1.70. The second kappa shape index (κ2) is 2.91. The first kappa shape index (κ1) is 8.05. The fourth-order valence-electron chi connectivity index (χ4n) is 1.15. The van der Waals surface area contributed by atoms with Crippen LogP contribution in [0.25, 0.3) is 0 Å². The topological polar surface area (TPSA) is 30.2 Å². The van der Waals surface area contributed by atoms with Crippen LogP contribution in [-0.4, -0.2) is 5.78 Å². The van der Waals surface area contributed by atoms with Gasteiger partial charge in [-0.05, 0) is 13.8 Å². The molecule has 0 radical (unpaired) electrons. The van der Waals surface area contributed by atoms with Crippen LogP contribution in [0.5, 0.6) is 0 Å². The summed E-state index contributed by atoms with van der Waals surface area (Å²) < 4.78 is 5.19. The van der Waals surface area contributed by atoms with Gasteiger partial charge in [0.2, 0.25) is 0 Å². The van der Waals surface area contributed by atoms with Crippen molar-refractivity contribution in [2.24, 2.45) is 0 Å². The van der Waals surface area contributed by atoms with Gasteiger partial charge in [0, 0.05) is 12.0 Å². The molecule has 0 unspecified atom stereocenters. The normalized spacial score (nSPS) is 10.1. The number of Topliss-reactive ketones (excluding diaryl/α,β-unsaturated/α-hetero) is 1. The van der Waals surface area contributed by atoms with Crippen molar-refractivity contribution in [1.29, 1.82) is 0 Å². The third kappa shape index (κ3) is 1.34. The number of hydrogen-bond donors (Lipinski definition) is 0. The Morgan fingerprint density at radius 2 is 2.27 bits per heavy atom. The smallest absolute Gasteiger partial charge is 0.163 e. The van der Waals surface area contributed by atoms with Crippen molar-refractivity contribution in [2.75, 3.05) is 0 Å². The number of hydrogen-bond acceptors (Lipinski definition) is 2. The fraction of sp³-hybridized carbons (Fsp3) is 0.444. The molecule has 0 aliphatic heterocycles. The molecule has 0 spiro atoms. The zero-order chi connectivity index (χ0) is 8.43.